The Morgan fingerprint density at radius 3 is 2.30 bits per heavy atom. The molecule has 2 nitrogen and oxygen atoms in total. The fraction of sp³-hybridized carbons (Fsp3) is 0.292. The van der Waals surface area contributed by atoms with Gasteiger partial charge >= 0.3 is 0 Å². The molecule has 1 heterocycles. The second-order valence-corrected chi connectivity index (χ2v) is 6.72. The molecule has 0 atom stereocenters. The molecule has 27 heavy (non-hydrogen) atoms. The summed E-state index contributed by atoms with van der Waals surface area (Å²) >= 11 is 0. The number of unbranched alkanes of at least 4 members (excludes halogenated alkanes) is 1. The molecule has 0 N–H and O–H groups in total. The first-order valence-electron chi connectivity index (χ1n) is 9.69. The van der Waals surface area contributed by atoms with Crippen LogP contribution < -0.4 is 4.74 Å². The summed E-state index contributed by atoms with van der Waals surface area (Å²) in [5.41, 5.74) is 4.66. The van der Waals surface area contributed by atoms with E-state index in [4.69, 9.17) is 4.74 Å². The number of pyridine rings is 1. The van der Waals surface area contributed by atoms with E-state index >= 15 is 0 Å². The van der Waals surface area contributed by atoms with Crippen LogP contribution in [0.2, 0.25) is 0 Å². The molecule has 0 spiro atoms. The Labute approximate surface area is 161 Å². The van der Waals surface area contributed by atoms with Crippen LogP contribution in [0.25, 0.3) is 22.4 Å². The van der Waals surface area contributed by atoms with E-state index in [-0.39, 0.29) is 5.82 Å². The molecule has 0 bridgehead atoms. The van der Waals surface area contributed by atoms with Gasteiger partial charge in [0.1, 0.15) is 11.6 Å². The van der Waals surface area contributed by atoms with Gasteiger partial charge in [-0.3, -0.25) is 4.98 Å². The molecule has 0 unspecified atom stereocenters. The number of benzene rings is 2. The largest absolute Gasteiger partial charge is 0.494 e. The maximum Gasteiger partial charge on any atom is 0.134 e. The third-order valence-corrected chi connectivity index (χ3v) is 4.55. The first-order chi connectivity index (χ1) is 13.2. The van der Waals surface area contributed by atoms with E-state index in [1.54, 1.807) is 6.07 Å². The van der Waals surface area contributed by atoms with Crippen molar-refractivity contribution in [3.05, 3.63) is 72.2 Å². The quantitative estimate of drug-likeness (QED) is 0.445. The van der Waals surface area contributed by atoms with Gasteiger partial charge in [-0.2, -0.15) is 0 Å². The second kappa shape index (κ2) is 9.31. The summed E-state index contributed by atoms with van der Waals surface area (Å²) in [5, 5.41) is 0. The Kier molecular flexibility index (Phi) is 6.59. The van der Waals surface area contributed by atoms with Gasteiger partial charge in [-0.15, -0.1) is 0 Å². The van der Waals surface area contributed by atoms with Crippen LogP contribution in [0.5, 0.6) is 5.75 Å². The molecule has 0 fully saturated rings. The number of rotatable bonds is 8. The molecule has 1 aromatic heterocycles. The Balaban J connectivity index is 1.75. The Morgan fingerprint density at radius 2 is 1.67 bits per heavy atom. The molecule has 0 saturated carbocycles. The van der Waals surface area contributed by atoms with Crippen LogP contribution in [0, 0.1) is 5.82 Å². The van der Waals surface area contributed by atoms with Gasteiger partial charge in [0.15, 0.2) is 0 Å². The molecule has 3 rings (SSSR count). The van der Waals surface area contributed by atoms with Crippen molar-refractivity contribution in [1.82, 2.24) is 4.98 Å². The highest BCUT2D eigenvalue weighted by molar-refractivity contribution is 5.69. The fourth-order valence-electron chi connectivity index (χ4n) is 2.98. The molecule has 0 amide bonds. The lowest BCUT2D eigenvalue weighted by Gasteiger charge is -2.09. The number of ether oxygens (including phenoxy) is 1. The summed E-state index contributed by atoms with van der Waals surface area (Å²) in [6.45, 7) is 4.82. The third kappa shape index (κ3) is 4.94. The van der Waals surface area contributed by atoms with E-state index < -0.39 is 0 Å². The van der Waals surface area contributed by atoms with Crippen molar-refractivity contribution in [3.63, 3.8) is 0 Å². The number of hydrogen-bond acceptors (Lipinski definition) is 2. The lowest BCUT2D eigenvalue weighted by Crippen LogP contribution is -1.96. The monoisotopic (exact) mass is 363 g/mol. The van der Waals surface area contributed by atoms with Crippen LogP contribution in [-0.2, 0) is 6.42 Å². The third-order valence-electron chi connectivity index (χ3n) is 4.55. The van der Waals surface area contributed by atoms with E-state index in [0.29, 0.717) is 17.9 Å². The summed E-state index contributed by atoms with van der Waals surface area (Å²) in [7, 11) is 0. The van der Waals surface area contributed by atoms with Crippen molar-refractivity contribution in [2.24, 2.45) is 0 Å². The van der Waals surface area contributed by atoms with Crippen LogP contribution >= 0.6 is 0 Å². The maximum atomic E-state index is 14.4. The molecule has 0 radical (unpaired) electrons. The maximum absolute atomic E-state index is 14.4. The number of aromatic nitrogens is 1. The highest BCUT2D eigenvalue weighted by Crippen LogP contribution is 2.28. The summed E-state index contributed by atoms with van der Waals surface area (Å²) in [6.07, 6.45) is 6.29. The van der Waals surface area contributed by atoms with E-state index in [9.17, 15) is 4.39 Å². The lowest BCUT2D eigenvalue weighted by molar-refractivity contribution is 0.316. The molecule has 140 valence electrons. The molecule has 0 saturated heterocycles. The molecule has 0 aliphatic carbocycles. The smallest absolute Gasteiger partial charge is 0.134 e. The molecule has 0 aliphatic heterocycles. The zero-order chi connectivity index (χ0) is 19.1. The Bertz CT molecular complexity index is 857. The molecule has 0 aliphatic rings. The number of halogens is 1. The summed E-state index contributed by atoms with van der Waals surface area (Å²) in [4.78, 5) is 4.57. The summed E-state index contributed by atoms with van der Waals surface area (Å²) < 4.78 is 19.9. The topological polar surface area (TPSA) is 22.1 Å². The Hall–Kier alpha value is -2.68. The van der Waals surface area contributed by atoms with Crippen LogP contribution in [0.1, 0.15) is 38.7 Å². The predicted octanol–water partition coefficient (Wildman–Crippen LogP) is 6.69. The first kappa shape index (κ1) is 19.1. The molecule has 3 heteroatoms. The molecule has 3 aromatic rings. The van der Waals surface area contributed by atoms with Crippen LogP contribution in [-0.4, -0.2) is 11.6 Å². The number of aryl methyl sites for hydroxylation is 1. The average molecular weight is 363 g/mol. The first-order valence-corrected chi connectivity index (χ1v) is 9.69. The van der Waals surface area contributed by atoms with Crippen molar-refractivity contribution in [2.45, 2.75) is 39.5 Å². The minimum absolute atomic E-state index is 0.269. The molecular weight excluding hydrogens is 337 g/mol. The van der Waals surface area contributed by atoms with E-state index in [1.807, 2.05) is 43.5 Å². The van der Waals surface area contributed by atoms with Gasteiger partial charge in [0.2, 0.25) is 0 Å². The van der Waals surface area contributed by atoms with Gasteiger partial charge in [0.25, 0.3) is 0 Å². The van der Waals surface area contributed by atoms with Crippen molar-refractivity contribution in [3.8, 4) is 28.1 Å². The van der Waals surface area contributed by atoms with Crippen molar-refractivity contribution in [1.29, 1.82) is 0 Å². The normalized spacial score (nSPS) is 10.8. The average Bonchev–Trinajstić information content (AvgIpc) is 2.71. The van der Waals surface area contributed by atoms with Gasteiger partial charge < -0.3 is 4.74 Å². The Morgan fingerprint density at radius 1 is 0.889 bits per heavy atom. The SMILES string of the molecule is CCCCc1ccc(-c2ccc(-c3ccc(OCCC)cc3F)cc2)nc1. The van der Waals surface area contributed by atoms with Crippen molar-refractivity contribution in [2.75, 3.05) is 6.61 Å². The van der Waals surface area contributed by atoms with Gasteiger partial charge in [-0.05, 0) is 48.6 Å². The zero-order valence-electron chi connectivity index (χ0n) is 16.0. The number of hydrogen-bond donors (Lipinski definition) is 0. The van der Waals surface area contributed by atoms with E-state index in [2.05, 4.69) is 24.0 Å². The van der Waals surface area contributed by atoms with Crippen molar-refractivity contribution < 1.29 is 9.13 Å². The number of nitrogens with zero attached hydrogens (tertiary/aromatic N) is 1. The van der Waals surface area contributed by atoms with E-state index in [1.165, 1.54) is 24.5 Å². The molecular formula is C24H26FNO. The van der Waals surface area contributed by atoms with Crippen LogP contribution in [0.3, 0.4) is 0 Å². The molecule has 2 aromatic carbocycles. The second-order valence-electron chi connectivity index (χ2n) is 6.72. The van der Waals surface area contributed by atoms with Gasteiger partial charge in [0, 0.05) is 23.4 Å². The standard InChI is InChI=1S/C24H26FNO/c1-3-5-6-18-7-14-24(26-17-18)20-10-8-19(9-11-20)22-13-12-21(16-23(22)25)27-15-4-2/h7-14,16-17H,3-6,15H2,1-2H3. The fourth-order valence-corrected chi connectivity index (χ4v) is 2.98. The minimum atomic E-state index is -0.269. The van der Waals surface area contributed by atoms with Gasteiger partial charge in [-0.25, -0.2) is 4.39 Å². The lowest BCUT2D eigenvalue weighted by atomic mass is 10.0. The zero-order valence-corrected chi connectivity index (χ0v) is 16.0. The van der Waals surface area contributed by atoms with Crippen molar-refractivity contribution >= 4 is 0 Å². The minimum Gasteiger partial charge on any atom is -0.494 e. The highest BCUT2D eigenvalue weighted by Gasteiger charge is 2.08. The van der Waals surface area contributed by atoms with E-state index in [0.717, 1.165) is 29.7 Å². The summed E-state index contributed by atoms with van der Waals surface area (Å²) in [6, 6.07) is 17.1. The van der Waals surface area contributed by atoms with Crippen LogP contribution in [0.4, 0.5) is 4.39 Å². The van der Waals surface area contributed by atoms with Crippen LogP contribution in [0.15, 0.2) is 60.8 Å². The van der Waals surface area contributed by atoms with Gasteiger partial charge in [0.05, 0.1) is 12.3 Å². The van der Waals surface area contributed by atoms with Gasteiger partial charge in [-0.1, -0.05) is 50.6 Å². The highest BCUT2D eigenvalue weighted by atomic mass is 19.1. The summed E-state index contributed by atoms with van der Waals surface area (Å²) in [5.74, 6) is 0.303. The predicted molar refractivity (Wildman–Crippen MR) is 109 cm³/mol.